The third-order valence-corrected chi connectivity index (χ3v) is 1.85. The third-order valence-electron chi connectivity index (χ3n) is 1.85. The third kappa shape index (κ3) is 8.02. The molecule has 0 saturated carbocycles. The minimum absolute atomic E-state index is 0.213. The van der Waals surface area contributed by atoms with Crippen molar-refractivity contribution < 1.29 is 4.74 Å². The lowest BCUT2D eigenvalue weighted by atomic mass is 9.93. The molecule has 0 radical (unpaired) electrons. The summed E-state index contributed by atoms with van der Waals surface area (Å²) in [6, 6.07) is 0.213. The average molecular weight is 173 g/mol. The van der Waals surface area contributed by atoms with E-state index in [1.165, 1.54) is 0 Å². The standard InChI is InChI=1S/C10H23NO/c1-5-9(11)8-12-7-6-10(2,3)4/h9H,5-8,11H2,1-4H3. The molecule has 0 saturated heterocycles. The van der Waals surface area contributed by atoms with Crippen LogP contribution in [0.5, 0.6) is 0 Å². The predicted octanol–water partition coefficient (Wildman–Crippen LogP) is 2.18. The van der Waals surface area contributed by atoms with Crippen LogP contribution in [0.1, 0.15) is 40.5 Å². The molecule has 0 aliphatic carbocycles. The lowest BCUT2D eigenvalue weighted by Gasteiger charge is -2.18. The van der Waals surface area contributed by atoms with Crippen molar-refractivity contribution in [2.45, 2.75) is 46.6 Å². The molecule has 0 aliphatic heterocycles. The van der Waals surface area contributed by atoms with Crippen LogP contribution in [-0.2, 0) is 4.74 Å². The molecule has 2 heteroatoms. The molecule has 0 aromatic rings. The van der Waals surface area contributed by atoms with Gasteiger partial charge < -0.3 is 10.5 Å². The molecule has 0 amide bonds. The van der Waals surface area contributed by atoms with Crippen LogP contribution in [0, 0.1) is 5.41 Å². The van der Waals surface area contributed by atoms with Gasteiger partial charge in [-0.3, -0.25) is 0 Å². The van der Waals surface area contributed by atoms with Gasteiger partial charge in [0.05, 0.1) is 6.61 Å². The van der Waals surface area contributed by atoms with Gasteiger partial charge in [0.2, 0.25) is 0 Å². The smallest absolute Gasteiger partial charge is 0.0617 e. The first-order valence-corrected chi connectivity index (χ1v) is 4.79. The van der Waals surface area contributed by atoms with Crippen LogP contribution in [0.2, 0.25) is 0 Å². The normalized spacial score (nSPS) is 14.8. The maximum Gasteiger partial charge on any atom is 0.0617 e. The molecule has 0 heterocycles. The van der Waals surface area contributed by atoms with Crippen LogP contribution in [0.15, 0.2) is 0 Å². The zero-order valence-electron chi connectivity index (χ0n) is 8.89. The Morgan fingerprint density at radius 2 is 1.92 bits per heavy atom. The van der Waals surface area contributed by atoms with Crippen molar-refractivity contribution in [2.75, 3.05) is 13.2 Å². The molecule has 12 heavy (non-hydrogen) atoms. The summed E-state index contributed by atoms with van der Waals surface area (Å²) in [6.07, 6.45) is 2.10. The van der Waals surface area contributed by atoms with Crippen molar-refractivity contribution in [3.8, 4) is 0 Å². The Balaban J connectivity index is 3.22. The van der Waals surface area contributed by atoms with E-state index in [4.69, 9.17) is 10.5 Å². The molecule has 74 valence electrons. The van der Waals surface area contributed by atoms with Crippen LogP contribution < -0.4 is 5.73 Å². The van der Waals surface area contributed by atoms with E-state index in [0.717, 1.165) is 19.4 Å². The Hall–Kier alpha value is -0.0800. The highest BCUT2D eigenvalue weighted by atomic mass is 16.5. The van der Waals surface area contributed by atoms with E-state index >= 15 is 0 Å². The zero-order valence-corrected chi connectivity index (χ0v) is 8.89. The predicted molar refractivity (Wildman–Crippen MR) is 53.2 cm³/mol. The molecule has 0 aromatic carbocycles. The summed E-state index contributed by atoms with van der Waals surface area (Å²) in [5.41, 5.74) is 6.07. The lowest BCUT2D eigenvalue weighted by molar-refractivity contribution is 0.0967. The van der Waals surface area contributed by atoms with Gasteiger partial charge in [-0.15, -0.1) is 0 Å². The Morgan fingerprint density at radius 1 is 1.33 bits per heavy atom. The summed E-state index contributed by atoms with van der Waals surface area (Å²) in [6.45, 7) is 10.3. The van der Waals surface area contributed by atoms with Gasteiger partial charge in [0, 0.05) is 12.6 Å². The minimum Gasteiger partial charge on any atom is -0.380 e. The second-order valence-electron chi connectivity index (χ2n) is 4.55. The SMILES string of the molecule is CCC(N)COCCC(C)(C)C. The first-order chi connectivity index (χ1) is 5.45. The monoisotopic (exact) mass is 173 g/mol. The Kier molecular flexibility index (Phi) is 5.51. The van der Waals surface area contributed by atoms with Crippen molar-refractivity contribution in [1.29, 1.82) is 0 Å². The van der Waals surface area contributed by atoms with Crippen LogP contribution in [0.25, 0.3) is 0 Å². The lowest BCUT2D eigenvalue weighted by Crippen LogP contribution is -2.25. The van der Waals surface area contributed by atoms with E-state index in [0.29, 0.717) is 12.0 Å². The Bertz CT molecular complexity index is 107. The Labute approximate surface area is 76.5 Å². The molecular weight excluding hydrogens is 150 g/mol. The van der Waals surface area contributed by atoms with Gasteiger partial charge in [-0.05, 0) is 18.3 Å². The van der Waals surface area contributed by atoms with E-state index in [2.05, 4.69) is 27.7 Å². The van der Waals surface area contributed by atoms with Gasteiger partial charge in [0.25, 0.3) is 0 Å². The molecule has 1 atom stereocenters. The Morgan fingerprint density at radius 3 is 2.33 bits per heavy atom. The first-order valence-electron chi connectivity index (χ1n) is 4.79. The van der Waals surface area contributed by atoms with Gasteiger partial charge in [-0.2, -0.15) is 0 Å². The quantitative estimate of drug-likeness (QED) is 0.647. The van der Waals surface area contributed by atoms with Crippen LogP contribution >= 0.6 is 0 Å². The van der Waals surface area contributed by atoms with Crippen molar-refractivity contribution in [3.05, 3.63) is 0 Å². The van der Waals surface area contributed by atoms with E-state index in [9.17, 15) is 0 Å². The molecule has 0 bridgehead atoms. The molecule has 0 spiro atoms. The molecule has 0 rings (SSSR count). The second-order valence-corrected chi connectivity index (χ2v) is 4.55. The summed E-state index contributed by atoms with van der Waals surface area (Å²) in [4.78, 5) is 0. The van der Waals surface area contributed by atoms with E-state index < -0.39 is 0 Å². The fraction of sp³-hybridized carbons (Fsp3) is 1.00. The van der Waals surface area contributed by atoms with Crippen molar-refractivity contribution in [1.82, 2.24) is 0 Å². The van der Waals surface area contributed by atoms with Gasteiger partial charge in [-0.25, -0.2) is 0 Å². The first kappa shape index (κ1) is 11.9. The summed E-state index contributed by atoms with van der Waals surface area (Å²) < 4.78 is 5.44. The topological polar surface area (TPSA) is 35.2 Å². The largest absolute Gasteiger partial charge is 0.380 e. The highest BCUT2D eigenvalue weighted by Gasteiger charge is 2.09. The van der Waals surface area contributed by atoms with Gasteiger partial charge in [0.1, 0.15) is 0 Å². The highest BCUT2D eigenvalue weighted by Crippen LogP contribution is 2.17. The number of nitrogens with two attached hydrogens (primary N) is 1. The fourth-order valence-electron chi connectivity index (χ4n) is 0.731. The van der Waals surface area contributed by atoms with Gasteiger partial charge in [0.15, 0.2) is 0 Å². The van der Waals surface area contributed by atoms with Crippen molar-refractivity contribution >= 4 is 0 Å². The molecular formula is C10H23NO. The molecule has 2 N–H and O–H groups in total. The summed E-state index contributed by atoms with van der Waals surface area (Å²) in [7, 11) is 0. The van der Waals surface area contributed by atoms with Gasteiger partial charge in [-0.1, -0.05) is 27.7 Å². The van der Waals surface area contributed by atoms with E-state index in [-0.39, 0.29) is 6.04 Å². The number of hydrogen-bond donors (Lipinski definition) is 1. The average Bonchev–Trinajstić information content (AvgIpc) is 1.96. The maximum absolute atomic E-state index is 5.70. The molecule has 1 unspecified atom stereocenters. The highest BCUT2D eigenvalue weighted by molar-refractivity contribution is 4.61. The summed E-state index contributed by atoms with van der Waals surface area (Å²) >= 11 is 0. The summed E-state index contributed by atoms with van der Waals surface area (Å²) in [5.74, 6) is 0. The van der Waals surface area contributed by atoms with Crippen LogP contribution in [0.4, 0.5) is 0 Å². The number of hydrogen-bond acceptors (Lipinski definition) is 2. The number of ether oxygens (including phenoxy) is 1. The fourth-order valence-corrected chi connectivity index (χ4v) is 0.731. The van der Waals surface area contributed by atoms with E-state index in [1.807, 2.05) is 0 Å². The molecule has 0 aromatic heterocycles. The molecule has 0 aliphatic rings. The second kappa shape index (κ2) is 5.55. The van der Waals surface area contributed by atoms with E-state index in [1.54, 1.807) is 0 Å². The van der Waals surface area contributed by atoms with Crippen molar-refractivity contribution in [2.24, 2.45) is 11.1 Å². The zero-order chi connectivity index (χ0) is 9.61. The minimum atomic E-state index is 0.213. The van der Waals surface area contributed by atoms with Gasteiger partial charge >= 0.3 is 0 Å². The number of rotatable bonds is 5. The van der Waals surface area contributed by atoms with Crippen LogP contribution in [0.3, 0.4) is 0 Å². The van der Waals surface area contributed by atoms with Crippen molar-refractivity contribution in [3.63, 3.8) is 0 Å². The maximum atomic E-state index is 5.70. The molecule has 2 nitrogen and oxygen atoms in total. The molecule has 0 fully saturated rings. The summed E-state index contributed by atoms with van der Waals surface area (Å²) in [5, 5.41) is 0. The van der Waals surface area contributed by atoms with Crippen LogP contribution in [-0.4, -0.2) is 19.3 Å².